The van der Waals surface area contributed by atoms with Gasteiger partial charge in [0.15, 0.2) is 0 Å². The fourth-order valence-electron chi connectivity index (χ4n) is 2.18. The van der Waals surface area contributed by atoms with Crippen LogP contribution in [-0.4, -0.2) is 20.4 Å². The second-order valence-electron chi connectivity index (χ2n) is 4.47. The Labute approximate surface area is 123 Å². The van der Waals surface area contributed by atoms with Gasteiger partial charge in [0, 0.05) is 16.8 Å². The summed E-state index contributed by atoms with van der Waals surface area (Å²) >= 11 is 3.20. The second kappa shape index (κ2) is 4.72. The third-order valence-electron chi connectivity index (χ3n) is 3.05. The molecule has 0 bridgehead atoms. The lowest BCUT2D eigenvalue weighted by Gasteiger charge is -2.06. The molecule has 0 aliphatic heterocycles. The van der Waals surface area contributed by atoms with Crippen molar-refractivity contribution in [2.45, 2.75) is 6.92 Å². The quantitative estimate of drug-likeness (QED) is 0.696. The van der Waals surface area contributed by atoms with Crippen LogP contribution in [0, 0.1) is 6.92 Å². The lowest BCUT2D eigenvalue weighted by atomic mass is 10.2. The van der Waals surface area contributed by atoms with Crippen LogP contribution in [0.4, 0.5) is 5.69 Å². The van der Waals surface area contributed by atoms with Crippen LogP contribution in [0.15, 0.2) is 41.3 Å². The Morgan fingerprint density at radius 1 is 1.25 bits per heavy atom. The van der Waals surface area contributed by atoms with Crippen molar-refractivity contribution in [3.05, 3.63) is 52.7 Å². The molecule has 0 radical (unpaired) electrons. The lowest BCUT2D eigenvalue weighted by Crippen LogP contribution is -2.15. The number of rotatable bonds is 1. The molecular weight excluding hydrogens is 320 g/mol. The molecule has 0 aliphatic carbocycles. The van der Waals surface area contributed by atoms with E-state index in [4.69, 9.17) is 5.73 Å². The van der Waals surface area contributed by atoms with Gasteiger partial charge in [-0.15, -0.1) is 0 Å². The Kier molecular flexibility index (Phi) is 3.02. The van der Waals surface area contributed by atoms with E-state index in [1.54, 1.807) is 10.6 Å². The van der Waals surface area contributed by atoms with E-state index in [2.05, 4.69) is 25.9 Å². The van der Waals surface area contributed by atoms with Gasteiger partial charge in [-0.05, 0) is 47.1 Å². The molecule has 0 saturated heterocycles. The number of aromatic nitrogens is 3. The lowest BCUT2D eigenvalue weighted by molar-refractivity contribution is 0.0957. The van der Waals surface area contributed by atoms with Crippen LogP contribution in [0.3, 0.4) is 0 Å². The van der Waals surface area contributed by atoms with Gasteiger partial charge in [-0.2, -0.15) is 0 Å². The maximum atomic E-state index is 12.6. The molecule has 0 fully saturated rings. The molecular formula is C14H11BrN4O. The summed E-state index contributed by atoms with van der Waals surface area (Å²) in [5.74, 6) is -0.206. The van der Waals surface area contributed by atoms with Crippen molar-refractivity contribution in [1.82, 2.24) is 14.5 Å². The summed E-state index contributed by atoms with van der Waals surface area (Å²) in [6.45, 7) is 1.88. The topological polar surface area (TPSA) is 73.8 Å². The van der Waals surface area contributed by atoms with Crippen molar-refractivity contribution in [3.63, 3.8) is 0 Å². The SMILES string of the molecule is Cc1cc2cc(N)ccc2n1C(=O)c1cnc(Br)cn1. The Bertz CT molecular complexity index is 808. The highest BCUT2D eigenvalue weighted by molar-refractivity contribution is 9.10. The summed E-state index contributed by atoms with van der Waals surface area (Å²) in [6.07, 6.45) is 2.96. The van der Waals surface area contributed by atoms with Gasteiger partial charge in [-0.3, -0.25) is 9.36 Å². The van der Waals surface area contributed by atoms with E-state index in [-0.39, 0.29) is 5.91 Å². The molecule has 3 aromatic rings. The molecule has 2 N–H and O–H groups in total. The van der Waals surface area contributed by atoms with Gasteiger partial charge < -0.3 is 5.73 Å². The largest absolute Gasteiger partial charge is 0.399 e. The number of nitrogen functional groups attached to an aromatic ring is 1. The molecule has 20 heavy (non-hydrogen) atoms. The third-order valence-corrected chi connectivity index (χ3v) is 3.46. The first-order valence-corrected chi connectivity index (χ1v) is 6.75. The molecule has 6 heteroatoms. The first-order valence-electron chi connectivity index (χ1n) is 5.96. The van der Waals surface area contributed by atoms with Crippen molar-refractivity contribution in [2.75, 3.05) is 5.73 Å². The van der Waals surface area contributed by atoms with Crippen molar-refractivity contribution >= 4 is 38.4 Å². The standard InChI is InChI=1S/C14H11BrN4O/c1-8-4-9-5-10(16)2-3-12(9)19(8)14(20)11-6-18-13(15)7-17-11/h2-7H,16H2,1H3. The predicted octanol–water partition coefficient (Wildman–Crippen LogP) is 2.77. The van der Waals surface area contributed by atoms with Crippen molar-refractivity contribution in [3.8, 4) is 0 Å². The molecule has 0 spiro atoms. The van der Waals surface area contributed by atoms with Gasteiger partial charge in [0.05, 0.1) is 17.9 Å². The van der Waals surface area contributed by atoms with Crippen LogP contribution >= 0.6 is 15.9 Å². The minimum Gasteiger partial charge on any atom is -0.399 e. The zero-order valence-electron chi connectivity index (χ0n) is 10.7. The molecule has 2 aromatic heterocycles. The first-order chi connectivity index (χ1) is 9.56. The number of anilines is 1. The zero-order valence-corrected chi connectivity index (χ0v) is 12.3. The van der Waals surface area contributed by atoms with Gasteiger partial charge in [0.1, 0.15) is 10.3 Å². The van der Waals surface area contributed by atoms with Crippen molar-refractivity contribution in [2.24, 2.45) is 0 Å². The van der Waals surface area contributed by atoms with Gasteiger partial charge in [0.25, 0.3) is 5.91 Å². The maximum absolute atomic E-state index is 12.6. The van der Waals surface area contributed by atoms with Gasteiger partial charge in [0.2, 0.25) is 0 Å². The van der Waals surface area contributed by atoms with E-state index in [0.717, 1.165) is 16.6 Å². The fraction of sp³-hybridized carbons (Fsp3) is 0.0714. The number of aryl methyl sites for hydroxylation is 1. The Morgan fingerprint density at radius 3 is 2.75 bits per heavy atom. The van der Waals surface area contributed by atoms with E-state index in [1.807, 2.05) is 25.1 Å². The van der Waals surface area contributed by atoms with Gasteiger partial charge in [-0.25, -0.2) is 9.97 Å². The molecule has 5 nitrogen and oxygen atoms in total. The summed E-state index contributed by atoms with van der Waals surface area (Å²) in [7, 11) is 0. The fourth-order valence-corrected chi connectivity index (χ4v) is 2.38. The predicted molar refractivity (Wildman–Crippen MR) is 80.5 cm³/mol. The molecule has 0 aliphatic rings. The first kappa shape index (κ1) is 12.8. The average molecular weight is 331 g/mol. The van der Waals surface area contributed by atoms with Crippen LogP contribution in [0.2, 0.25) is 0 Å². The monoisotopic (exact) mass is 330 g/mol. The molecule has 100 valence electrons. The number of carbonyl (C=O) groups excluding carboxylic acids is 1. The minimum atomic E-state index is -0.206. The summed E-state index contributed by atoms with van der Waals surface area (Å²) in [5, 5.41) is 0.931. The number of carbonyl (C=O) groups is 1. The van der Waals surface area contributed by atoms with Crippen LogP contribution in [0.5, 0.6) is 0 Å². The number of halogens is 1. The second-order valence-corrected chi connectivity index (χ2v) is 5.28. The number of benzene rings is 1. The zero-order chi connectivity index (χ0) is 14.3. The average Bonchev–Trinajstić information content (AvgIpc) is 2.73. The summed E-state index contributed by atoms with van der Waals surface area (Å²) in [4.78, 5) is 20.7. The van der Waals surface area contributed by atoms with Crippen molar-refractivity contribution < 1.29 is 4.79 Å². The molecule has 0 unspecified atom stereocenters. The van der Waals surface area contributed by atoms with E-state index in [1.165, 1.54) is 12.4 Å². The van der Waals surface area contributed by atoms with E-state index >= 15 is 0 Å². The smallest absolute Gasteiger partial charge is 0.282 e. The Morgan fingerprint density at radius 2 is 2.05 bits per heavy atom. The number of nitrogens with two attached hydrogens (primary N) is 1. The Balaban J connectivity index is 2.16. The number of hydrogen-bond donors (Lipinski definition) is 1. The summed E-state index contributed by atoms with van der Waals surface area (Å²) < 4.78 is 2.21. The normalized spacial score (nSPS) is 10.9. The van der Waals surface area contributed by atoms with Crippen molar-refractivity contribution in [1.29, 1.82) is 0 Å². The number of nitrogens with zero attached hydrogens (tertiary/aromatic N) is 3. The number of hydrogen-bond acceptors (Lipinski definition) is 4. The van der Waals surface area contributed by atoms with Crippen LogP contribution in [0.1, 0.15) is 16.2 Å². The van der Waals surface area contributed by atoms with Crippen LogP contribution in [-0.2, 0) is 0 Å². The van der Waals surface area contributed by atoms with E-state index in [9.17, 15) is 4.79 Å². The van der Waals surface area contributed by atoms with Crippen LogP contribution in [0.25, 0.3) is 10.9 Å². The Hall–Kier alpha value is -2.21. The highest BCUT2D eigenvalue weighted by Gasteiger charge is 2.16. The maximum Gasteiger partial charge on any atom is 0.282 e. The van der Waals surface area contributed by atoms with E-state index < -0.39 is 0 Å². The van der Waals surface area contributed by atoms with Gasteiger partial charge in [-0.1, -0.05) is 0 Å². The summed E-state index contributed by atoms with van der Waals surface area (Å²) in [5.41, 5.74) is 8.38. The molecule has 0 amide bonds. The van der Waals surface area contributed by atoms with Gasteiger partial charge >= 0.3 is 0 Å². The molecule has 0 atom stereocenters. The molecule has 2 heterocycles. The van der Waals surface area contributed by atoms with Crippen LogP contribution < -0.4 is 5.73 Å². The van der Waals surface area contributed by atoms with E-state index in [0.29, 0.717) is 16.0 Å². The molecule has 0 saturated carbocycles. The highest BCUT2D eigenvalue weighted by atomic mass is 79.9. The third kappa shape index (κ3) is 2.08. The summed E-state index contributed by atoms with van der Waals surface area (Å²) in [6, 6.07) is 7.38. The molecule has 1 aromatic carbocycles. The number of fused-ring (bicyclic) bond motifs is 1. The highest BCUT2D eigenvalue weighted by Crippen LogP contribution is 2.22. The minimum absolute atomic E-state index is 0.206. The molecule has 3 rings (SSSR count).